The molecule has 0 spiro atoms. The molecule has 0 amide bonds. The summed E-state index contributed by atoms with van der Waals surface area (Å²) in [4.78, 5) is 4.49. The van der Waals surface area contributed by atoms with Crippen LogP contribution in [0.5, 0.6) is 0 Å². The van der Waals surface area contributed by atoms with Gasteiger partial charge in [-0.05, 0) is 0 Å². The Kier molecular flexibility index (Phi) is 2.65. The Bertz CT molecular complexity index is 203. The molecule has 0 aromatic heterocycles. The van der Waals surface area contributed by atoms with Gasteiger partial charge in [-0.2, -0.15) is 0 Å². The van der Waals surface area contributed by atoms with Crippen LogP contribution in [0.25, 0.3) is 0 Å². The maximum atomic E-state index is 12.4. The van der Waals surface area contributed by atoms with Crippen LogP contribution in [0.15, 0.2) is 24.3 Å². The van der Waals surface area contributed by atoms with E-state index in [-0.39, 0.29) is 5.82 Å². The molecular formula is C8H10FI. The molecule has 0 aliphatic carbocycles. The Morgan fingerprint density at radius 2 is 1.60 bits per heavy atom. The molecule has 0 bridgehead atoms. The molecule has 56 valence electrons. The van der Waals surface area contributed by atoms with E-state index in [0.717, 1.165) is 0 Å². The SMILES string of the molecule is CI(C)c1ccc(F)cc1. The zero-order valence-electron chi connectivity index (χ0n) is 6.07. The third kappa shape index (κ3) is 1.94. The molecule has 0 saturated carbocycles. The van der Waals surface area contributed by atoms with Crippen LogP contribution in [0, 0.1) is 9.39 Å². The van der Waals surface area contributed by atoms with Crippen LogP contribution in [0.2, 0.25) is 0 Å². The second-order valence-corrected chi connectivity index (χ2v) is 7.75. The molecule has 1 aromatic carbocycles. The zero-order valence-corrected chi connectivity index (χ0v) is 8.22. The van der Waals surface area contributed by atoms with Crippen LogP contribution in [0.1, 0.15) is 0 Å². The van der Waals surface area contributed by atoms with E-state index in [0.29, 0.717) is 0 Å². The average molecular weight is 252 g/mol. The molecule has 0 aliphatic heterocycles. The van der Waals surface area contributed by atoms with Gasteiger partial charge in [0.1, 0.15) is 0 Å². The molecule has 1 aromatic rings. The fourth-order valence-electron chi connectivity index (χ4n) is 0.682. The molecule has 0 aliphatic rings. The normalized spacial score (nSPS) is 11.3. The third-order valence-corrected chi connectivity index (χ3v) is 4.45. The first-order valence-electron chi connectivity index (χ1n) is 2.96. The summed E-state index contributed by atoms with van der Waals surface area (Å²) < 4.78 is 13.7. The molecule has 0 saturated heterocycles. The molecule has 0 N–H and O–H groups in total. The van der Waals surface area contributed by atoms with Crippen LogP contribution >= 0.6 is 19.8 Å². The fourth-order valence-corrected chi connectivity index (χ4v) is 2.48. The summed E-state index contributed by atoms with van der Waals surface area (Å²) in [5.74, 6) is -0.138. The van der Waals surface area contributed by atoms with Crippen molar-refractivity contribution in [3.63, 3.8) is 0 Å². The van der Waals surface area contributed by atoms with Gasteiger partial charge in [-0.15, -0.1) is 0 Å². The quantitative estimate of drug-likeness (QED) is 0.532. The topological polar surface area (TPSA) is 0 Å². The van der Waals surface area contributed by atoms with Gasteiger partial charge in [0.15, 0.2) is 0 Å². The van der Waals surface area contributed by atoms with Gasteiger partial charge in [0.25, 0.3) is 0 Å². The first-order valence-corrected chi connectivity index (χ1v) is 8.35. The Balaban J connectivity index is 2.89. The summed E-state index contributed by atoms with van der Waals surface area (Å²) in [7, 11) is 0. The van der Waals surface area contributed by atoms with Crippen LogP contribution in [-0.2, 0) is 0 Å². The van der Waals surface area contributed by atoms with Crippen molar-refractivity contribution in [1.82, 2.24) is 0 Å². The van der Waals surface area contributed by atoms with Gasteiger partial charge in [0.05, 0.1) is 0 Å². The van der Waals surface area contributed by atoms with E-state index in [9.17, 15) is 4.39 Å². The van der Waals surface area contributed by atoms with Crippen LogP contribution in [-0.4, -0.2) is 9.86 Å². The summed E-state index contributed by atoms with van der Waals surface area (Å²) in [5, 5.41) is 0. The number of hydrogen-bond donors (Lipinski definition) is 0. The van der Waals surface area contributed by atoms with E-state index >= 15 is 0 Å². The van der Waals surface area contributed by atoms with Gasteiger partial charge >= 0.3 is 67.7 Å². The predicted molar refractivity (Wildman–Crippen MR) is 51.0 cm³/mol. The van der Waals surface area contributed by atoms with Crippen molar-refractivity contribution in [2.75, 3.05) is 9.86 Å². The second-order valence-electron chi connectivity index (χ2n) is 2.19. The van der Waals surface area contributed by atoms with Gasteiger partial charge in [-0.1, -0.05) is 0 Å². The number of rotatable bonds is 1. The Labute approximate surface area is 67.8 Å². The van der Waals surface area contributed by atoms with E-state index in [1.54, 1.807) is 0 Å². The van der Waals surface area contributed by atoms with Crippen molar-refractivity contribution < 1.29 is 4.39 Å². The molecule has 2 heteroatoms. The summed E-state index contributed by atoms with van der Waals surface area (Å²) in [6.45, 7) is 0. The molecule has 0 atom stereocenters. The van der Waals surface area contributed by atoms with Gasteiger partial charge in [-0.25, -0.2) is 0 Å². The second kappa shape index (κ2) is 3.32. The van der Waals surface area contributed by atoms with Gasteiger partial charge < -0.3 is 0 Å². The van der Waals surface area contributed by atoms with Gasteiger partial charge in [-0.3, -0.25) is 0 Å². The van der Waals surface area contributed by atoms with Crippen molar-refractivity contribution in [2.45, 2.75) is 0 Å². The maximum absolute atomic E-state index is 12.4. The van der Waals surface area contributed by atoms with Crippen molar-refractivity contribution in [3.8, 4) is 0 Å². The monoisotopic (exact) mass is 252 g/mol. The number of hydrogen-bond acceptors (Lipinski definition) is 0. The Hall–Kier alpha value is -0.120. The molecule has 0 nitrogen and oxygen atoms in total. The number of halogens is 2. The Morgan fingerprint density at radius 3 is 2.00 bits per heavy atom. The van der Waals surface area contributed by atoms with Gasteiger partial charge in [0, 0.05) is 0 Å². The van der Waals surface area contributed by atoms with Crippen LogP contribution in [0.3, 0.4) is 0 Å². The zero-order chi connectivity index (χ0) is 7.56. The predicted octanol–water partition coefficient (Wildman–Crippen LogP) is 2.76. The molecular weight excluding hydrogens is 242 g/mol. The van der Waals surface area contributed by atoms with Crippen molar-refractivity contribution in [2.24, 2.45) is 0 Å². The standard InChI is InChI=1S/C8H10FI/c1-10(2)8-5-3-7(9)4-6-8/h3-6H,1-2H3. The van der Waals surface area contributed by atoms with E-state index in [1.807, 2.05) is 12.1 Å². The molecule has 10 heavy (non-hydrogen) atoms. The van der Waals surface area contributed by atoms with Crippen LogP contribution < -0.4 is 0 Å². The first-order chi connectivity index (χ1) is 4.70. The third-order valence-electron chi connectivity index (χ3n) is 1.24. The molecule has 0 radical (unpaired) electrons. The Morgan fingerprint density at radius 1 is 1.10 bits per heavy atom. The molecule has 0 unspecified atom stereocenters. The molecule has 0 fully saturated rings. The van der Waals surface area contributed by atoms with Crippen molar-refractivity contribution >= 4 is 19.8 Å². The summed E-state index contributed by atoms with van der Waals surface area (Å²) in [5.41, 5.74) is 0. The number of alkyl halides is 2. The number of benzene rings is 1. The molecule has 0 heterocycles. The fraction of sp³-hybridized carbons (Fsp3) is 0.250. The van der Waals surface area contributed by atoms with Crippen molar-refractivity contribution in [1.29, 1.82) is 0 Å². The van der Waals surface area contributed by atoms with Crippen molar-refractivity contribution in [3.05, 3.63) is 33.7 Å². The summed E-state index contributed by atoms with van der Waals surface area (Å²) >= 11 is -0.870. The summed E-state index contributed by atoms with van der Waals surface area (Å²) in [6, 6.07) is 6.85. The first kappa shape index (κ1) is 7.98. The van der Waals surface area contributed by atoms with E-state index in [2.05, 4.69) is 9.86 Å². The minimum absolute atomic E-state index is 0.138. The summed E-state index contributed by atoms with van der Waals surface area (Å²) in [6.07, 6.45) is 0. The van der Waals surface area contributed by atoms with Crippen LogP contribution in [0.4, 0.5) is 4.39 Å². The molecule has 1 rings (SSSR count). The van der Waals surface area contributed by atoms with Gasteiger partial charge in [0.2, 0.25) is 0 Å². The minimum atomic E-state index is -0.870. The average Bonchev–Trinajstić information content (AvgIpc) is 1.88. The van der Waals surface area contributed by atoms with E-state index in [4.69, 9.17) is 0 Å². The van der Waals surface area contributed by atoms with E-state index < -0.39 is 19.8 Å². The van der Waals surface area contributed by atoms with E-state index in [1.165, 1.54) is 15.7 Å².